The van der Waals surface area contributed by atoms with Crippen molar-refractivity contribution in [3.63, 3.8) is 0 Å². The van der Waals surface area contributed by atoms with Crippen molar-refractivity contribution >= 4 is 21.6 Å². The van der Waals surface area contributed by atoms with Crippen LogP contribution in [-0.4, -0.2) is 25.9 Å². The minimum absolute atomic E-state index is 0.140. The normalized spacial score (nSPS) is 11.1. The van der Waals surface area contributed by atoms with Crippen LogP contribution in [0.15, 0.2) is 79.4 Å². The fourth-order valence-corrected chi connectivity index (χ4v) is 4.01. The molecule has 3 aromatic rings. The van der Waals surface area contributed by atoms with E-state index in [4.69, 9.17) is 0 Å². The number of rotatable bonds is 8. The van der Waals surface area contributed by atoms with Crippen molar-refractivity contribution in [2.24, 2.45) is 0 Å². The number of pyridine rings is 1. The largest absolute Gasteiger partial charge is 0.322 e. The first-order chi connectivity index (χ1) is 14.4. The molecule has 0 spiro atoms. The van der Waals surface area contributed by atoms with E-state index >= 15 is 0 Å². The first kappa shape index (κ1) is 21.4. The first-order valence-electron chi connectivity index (χ1n) is 9.39. The van der Waals surface area contributed by atoms with Crippen LogP contribution in [0.3, 0.4) is 0 Å². The van der Waals surface area contributed by atoms with Crippen molar-refractivity contribution in [1.29, 1.82) is 0 Å². The molecule has 0 fully saturated rings. The van der Waals surface area contributed by atoms with Crippen molar-refractivity contribution < 1.29 is 13.2 Å². The van der Waals surface area contributed by atoms with Gasteiger partial charge in [0, 0.05) is 17.8 Å². The van der Waals surface area contributed by atoms with E-state index in [1.54, 1.807) is 37.3 Å². The van der Waals surface area contributed by atoms with Gasteiger partial charge in [0.1, 0.15) is 0 Å². The molecule has 1 amide bonds. The van der Waals surface area contributed by atoms with E-state index in [1.165, 1.54) is 6.08 Å². The Labute approximate surface area is 176 Å². The number of carbonyl (C=O) groups excluding carboxylic acids is 1. The molecular formula is C23H23N3O3S. The number of nitrogens with one attached hydrogen (secondary N) is 2. The molecule has 6 nitrogen and oxygen atoms in total. The third-order valence-corrected chi connectivity index (χ3v) is 5.74. The van der Waals surface area contributed by atoms with Crippen molar-refractivity contribution in [1.82, 2.24) is 9.71 Å². The smallest absolute Gasteiger partial charge is 0.257 e. The molecule has 1 aromatic heterocycles. The Morgan fingerprint density at radius 1 is 1.03 bits per heavy atom. The number of anilines is 1. The van der Waals surface area contributed by atoms with Crippen LogP contribution in [0, 0.1) is 6.92 Å². The molecule has 1 heterocycles. The quantitative estimate of drug-likeness (QED) is 0.540. The third kappa shape index (κ3) is 5.62. The Bertz CT molecular complexity index is 1140. The van der Waals surface area contributed by atoms with Gasteiger partial charge in [0.2, 0.25) is 10.0 Å². The van der Waals surface area contributed by atoms with Crippen LogP contribution >= 0.6 is 0 Å². The molecule has 3 rings (SSSR count). The summed E-state index contributed by atoms with van der Waals surface area (Å²) in [5, 5.41) is 2.83. The predicted octanol–water partition coefficient (Wildman–Crippen LogP) is 3.91. The molecule has 0 saturated heterocycles. The lowest BCUT2D eigenvalue weighted by Gasteiger charge is -2.10. The summed E-state index contributed by atoms with van der Waals surface area (Å²) in [5.74, 6) is -0.411. The zero-order chi connectivity index (χ0) is 21.6. The Hall–Kier alpha value is -3.29. The van der Waals surface area contributed by atoms with E-state index < -0.39 is 10.0 Å². The van der Waals surface area contributed by atoms with Gasteiger partial charge in [-0.05, 0) is 36.8 Å². The minimum atomic E-state index is -3.43. The topological polar surface area (TPSA) is 88.2 Å². The van der Waals surface area contributed by atoms with Crippen LogP contribution in [-0.2, 0) is 15.8 Å². The maximum atomic E-state index is 12.6. The number of hydrogen-bond donors (Lipinski definition) is 2. The lowest BCUT2D eigenvalue weighted by atomic mass is 10.1. The van der Waals surface area contributed by atoms with Gasteiger partial charge in [-0.15, -0.1) is 6.58 Å². The molecule has 154 valence electrons. The molecule has 0 aliphatic rings. The van der Waals surface area contributed by atoms with E-state index in [-0.39, 0.29) is 18.2 Å². The van der Waals surface area contributed by atoms with Gasteiger partial charge in [0.25, 0.3) is 5.91 Å². The third-order valence-electron chi connectivity index (χ3n) is 4.42. The Balaban J connectivity index is 1.68. The van der Waals surface area contributed by atoms with E-state index in [0.717, 1.165) is 11.3 Å². The first-order valence-corrected chi connectivity index (χ1v) is 11.0. The fourth-order valence-electron chi connectivity index (χ4n) is 2.91. The van der Waals surface area contributed by atoms with Crippen LogP contribution in [0.2, 0.25) is 0 Å². The van der Waals surface area contributed by atoms with Crippen LogP contribution in [0.5, 0.6) is 0 Å². The molecule has 0 radical (unpaired) electrons. The Kier molecular flexibility index (Phi) is 6.76. The molecule has 2 aromatic carbocycles. The van der Waals surface area contributed by atoms with Crippen molar-refractivity contribution in [2.75, 3.05) is 11.9 Å². The molecule has 0 aliphatic carbocycles. The number of nitrogens with zero attached hydrogens (tertiary/aromatic N) is 1. The van der Waals surface area contributed by atoms with E-state index in [1.807, 2.05) is 36.4 Å². The number of hydrogen-bond acceptors (Lipinski definition) is 4. The highest BCUT2D eigenvalue weighted by atomic mass is 32.2. The highest BCUT2D eigenvalue weighted by Crippen LogP contribution is 2.20. The Morgan fingerprint density at radius 2 is 1.73 bits per heavy atom. The van der Waals surface area contributed by atoms with E-state index in [9.17, 15) is 13.2 Å². The number of sulfonamides is 1. The summed E-state index contributed by atoms with van der Waals surface area (Å²) in [4.78, 5) is 17.2. The van der Waals surface area contributed by atoms with Gasteiger partial charge in [-0.1, -0.05) is 48.5 Å². The monoisotopic (exact) mass is 421 g/mol. The number of benzene rings is 2. The SMILES string of the molecule is C=CCNS(=O)(=O)Cc1ccc(NC(=O)c2ccc(-c3ccccc3)nc2C)cc1. The molecule has 0 aliphatic heterocycles. The second-order valence-corrected chi connectivity index (χ2v) is 8.55. The van der Waals surface area contributed by atoms with Crippen molar-refractivity contribution in [2.45, 2.75) is 12.7 Å². The standard InChI is InChI=1S/C23H23N3O3S/c1-3-15-24-30(28,29)16-18-9-11-20(12-10-18)26-23(27)21-13-14-22(25-17(21)2)19-7-5-4-6-8-19/h3-14,24H,1,15-16H2,2H3,(H,26,27). The molecule has 0 saturated carbocycles. The van der Waals surface area contributed by atoms with Gasteiger partial charge in [-0.25, -0.2) is 13.1 Å². The highest BCUT2D eigenvalue weighted by Gasteiger charge is 2.13. The Morgan fingerprint density at radius 3 is 2.37 bits per heavy atom. The van der Waals surface area contributed by atoms with Crippen molar-refractivity contribution in [3.05, 3.63) is 96.2 Å². The summed E-state index contributed by atoms with van der Waals surface area (Å²) in [5.41, 5.74) is 4.10. The minimum Gasteiger partial charge on any atom is -0.322 e. The number of amides is 1. The second-order valence-electron chi connectivity index (χ2n) is 6.74. The number of aromatic nitrogens is 1. The zero-order valence-corrected chi connectivity index (χ0v) is 17.4. The molecule has 2 N–H and O–H groups in total. The lowest BCUT2D eigenvalue weighted by Crippen LogP contribution is -2.25. The van der Waals surface area contributed by atoms with E-state index in [0.29, 0.717) is 22.5 Å². The van der Waals surface area contributed by atoms with Gasteiger partial charge in [0.15, 0.2) is 0 Å². The van der Waals surface area contributed by atoms with Gasteiger partial charge in [-0.2, -0.15) is 0 Å². The number of carbonyl (C=O) groups is 1. The highest BCUT2D eigenvalue weighted by molar-refractivity contribution is 7.88. The summed E-state index contributed by atoms with van der Waals surface area (Å²) in [7, 11) is -3.43. The zero-order valence-electron chi connectivity index (χ0n) is 16.6. The average Bonchev–Trinajstić information content (AvgIpc) is 2.74. The number of aryl methyl sites for hydroxylation is 1. The average molecular weight is 422 g/mol. The summed E-state index contributed by atoms with van der Waals surface area (Å²) in [6, 6.07) is 20.0. The van der Waals surface area contributed by atoms with Crippen LogP contribution in [0.4, 0.5) is 5.69 Å². The molecule has 30 heavy (non-hydrogen) atoms. The molecule has 0 unspecified atom stereocenters. The molecular weight excluding hydrogens is 398 g/mol. The maximum Gasteiger partial charge on any atom is 0.257 e. The van der Waals surface area contributed by atoms with Gasteiger partial charge in [-0.3, -0.25) is 9.78 Å². The van der Waals surface area contributed by atoms with Crippen LogP contribution in [0.1, 0.15) is 21.6 Å². The molecule has 0 bridgehead atoms. The van der Waals surface area contributed by atoms with Gasteiger partial charge < -0.3 is 5.32 Å². The summed E-state index contributed by atoms with van der Waals surface area (Å²) < 4.78 is 26.3. The summed E-state index contributed by atoms with van der Waals surface area (Å²) in [6.45, 7) is 5.47. The maximum absolute atomic E-state index is 12.6. The molecule has 0 atom stereocenters. The van der Waals surface area contributed by atoms with Crippen LogP contribution < -0.4 is 10.0 Å². The van der Waals surface area contributed by atoms with Crippen LogP contribution in [0.25, 0.3) is 11.3 Å². The predicted molar refractivity (Wildman–Crippen MR) is 120 cm³/mol. The van der Waals surface area contributed by atoms with Gasteiger partial charge >= 0.3 is 0 Å². The lowest BCUT2D eigenvalue weighted by molar-refractivity contribution is 0.102. The summed E-state index contributed by atoms with van der Waals surface area (Å²) >= 11 is 0. The van der Waals surface area contributed by atoms with Gasteiger partial charge in [0.05, 0.1) is 22.7 Å². The van der Waals surface area contributed by atoms with Crippen molar-refractivity contribution in [3.8, 4) is 11.3 Å². The van der Waals surface area contributed by atoms with E-state index in [2.05, 4.69) is 21.6 Å². The molecule has 7 heteroatoms. The summed E-state index contributed by atoms with van der Waals surface area (Å²) in [6.07, 6.45) is 1.49. The fraction of sp³-hybridized carbons (Fsp3) is 0.130. The second kappa shape index (κ2) is 9.47.